The van der Waals surface area contributed by atoms with Crippen molar-refractivity contribution in [1.29, 1.82) is 0 Å². The Balaban J connectivity index is 2.38. The molecule has 0 aromatic carbocycles. The highest BCUT2D eigenvalue weighted by Gasteiger charge is 2.29. The maximum Gasteiger partial charge on any atom is 0.0482 e. The molecule has 0 radical (unpaired) electrons. The van der Waals surface area contributed by atoms with Crippen molar-refractivity contribution < 1.29 is 5.11 Å². The van der Waals surface area contributed by atoms with Crippen LogP contribution < -0.4 is 0 Å². The summed E-state index contributed by atoms with van der Waals surface area (Å²) in [5, 5.41) is 9.30. The fraction of sp³-hybridized carbons (Fsp3) is 1.00. The smallest absolute Gasteiger partial charge is 0.0482 e. The van der Waals surface area contributed by atoms with Crippen molar-refractivity contribution in [1.82, 2.24) is 4.90 Å². The van der Waals surface area contributed by atoms with Gasteiger partial charge < -0.3 is 5.11 Å². The molecule has 1 aliphatic heterocycles. The number of nitrogens with zero attached hydrogens (tertiary/aromatic N) is 1. The van der Waals surface area contributed by atoms with Crippen LogP contribution in [0.4, 0.5) is 0 Å². The molecule has 96 valence electrons. The molecule has 0 unspecified atom stereocenters. The van der Waals surface area contributed by atoms with Crippen molar-refractivity contribution in [3.05, 3.63) is 0 Å². The van der Waals surface area contributed by atoms with Crippen LogP contribution in [0.25, 0.3) is 0 Å². The molecule has 2 heteroatoms. The van der Waals surface area contributed by atoms with E-state index in [9.17, 15) is 5.11 Å². The lowest BCUT2D eigenvalue weighted by Crippen LogP contribution is -2.46. The number of likely N-dealkylation sites (tertiary alicyclic amines) is 1. The summed E-state index contributed by atoms with van der Waals surface area (Å²) in [6.07, 6.45) is 3.75. The third-order valence-corrected chi connectivity index (χ3v) is 3.83. The monoisotopic (exact) mass is 227 g/mol. The Hall–Kier alpha value is -0.0800. The van der Waals surface area contributed by atoms with E-state index in [4.69, 9.17) is 0 Å². The van der Waals surface area contributed by atoms with E-state index in [-0.39, 0.29) is 5.41 Å². The highest BCUT2D eigenvalue weighted by Crippen LogP contribution is 2.32. The van der Waals surface area contributed by atoms with Gasteiger partial charge in [-0.05, 0) is 64.5 Å². The van der Waals surface area contributed by atoms with Crippen LogP contribution >= 0.6 is 0 Å². The van der Waals surface area contributed by atoms with Crippen LogP contribution in [0.2, 0.25) is 0 Å². The van der Waals surface area contributed by atoms with Gasteiger partial charge in [0.25, 0.3) is 0 Å². The topological polar surface area (TPSA) is 23.5 Å². The molecule has 1 N–H and O–H groups in total. The Morgan fingerprint density at radius 3 is 1.94 bits per heavy atom. The average Bonchev–Trinajstić information content (AvgIpc) is 2.16. The summed E-state index contributed by atoms with van der Waals surface area (Å²) < 4.78 is 0. The van der Waals surface area contributed by atoms with Crippen molar-refractivity contribution in [2.45, 2.75) is 59.4 Å². The first-order chi connectivity index (χ1) is 7.24. The molecule has 0 amide bonds. The van der Waals surface area contributed by atoms with Gasteiger partial charge in [0.1, 0.15) is 0 Å². The van der Waals surface area contributed by atoms with Gasteiger partial charge in [-0.15, -0.1) is 0 Å². The fourth-order valence-electron chi connectivity index (χ4n) is 2.65. The van der Waals surface area contributed by atoms with Gasteiger partial charge in [-0.1, -0.05) is 13.8 Å². The summed E-state index contributed by atoms with van der Waals surface area (Å²) in [5.74, 6) is 0.806. The van der Waals surface area contributed by atoms with E-state index in [1.807, 2.05) is 0 Å². The van der Waals surface area contributed by atoms with E-state index in [0.29, 0.717) is 12.1 Å². The third-order valence-electron chi connectivity index (χ3n) is 3.83. The molecule has 1 rings (SSSR count). The zero-order valence-electron chi connectivity index (χ0n) is 11.7. The minimum absolute atomic E-state index is 0.106. The molecule has 1 fully saturated rings. The zero-order chi connectivity index (χ0) is 12.4. The van der Waals surface area contributed by atoms with E-state index < -0.39 is 0 Å². The van der Waals surface area contributed by atoms with Crippen molar-refractivity contribution in [3.63, 3.8) is 0 Å². The summed E-state index contributed by atoms with van der Waals surface area (Å²) in [7, 11) is 0. The van der Waals surface area contributed by atoms with Crippen LogP contribution in [0.5, 0.6) is 0 Å². The van der Waals surface area contributed by atoms with Crippen molar-refractivity contribution in [3.8, 4) is 0 Å². The Labute approximate surface area is 101 Å². The maximum absolute atomic E-state index is 9.30. The number of hydrogen-bond donors (Lipinski definition) is 1. The van der Waals surface area contributed by atoms with Gasteiger partial charge in [-0.2, -0.15) is 0 Å². The van der Waals surface area contributed by atoms with Crippen LogP contribution in [0.3, 0.4) is 0 Å². The molecule has 0 bridgehead atoms. The van der Waals surface area contributed by atoms with Gasteiger partial charge in [0, 0.05) is 12.1 Å². The lowest BCUT2D eigenvalue weighted by Gasteiger charge is -2.42. The molecule has 16 heavy (non-hydrogen) atoms. The molecule has 0 aliphatic carbocycles. The largest absolute Gasteiger partial charge is 0.396 e. The van der Waals surface area contributed by atoms with Crippen molar-refractivity contribution >= 4 is 0 Å². The minimum atomic E-state index is 0.106. The zero-order valence-corrected chi connectivity index (χ0v) is 11.7. The summed E-state index contributed by atoms with van der Waals surface area (Å²) in [4.78, 5) is 2.58. The van der Waals surface area contributed by atoms with Gasteiger partial charge in [-0.3, -0.25) is 4.90 Å². The highest BCUT2D eigenvalue weighted by molar-refractivity contribution is 4.83. The van der Waals surface area contributed by atoms with Gasteiger partial charge in [0.15, 0.2) is 0 Å². The van der Waals surface area contributed by atoms with Crippen molar-refractivity contribution in [2.24, 2.45) is 11.3 Å². The van der Waals surface area contributed by atoms with Crippen molar-refractivity contribution in [2.75, 3.05) is 19.7 Å². The standard InChI is InChI=1S/C14H29NO/c1-13(2,3)15-8-6-12(7-9-15)10-14(4,5)11-16/h12,16H,6-11H2,1-5H3. The molecule has 0 aromatic rings. The molecule has 2 nitrogen and oxygen atoms in total. The maximum atomic E-state index is 9.30. The lowest BCUT2D eigenvalue weighted by molar-refractivity contribution is 0.0605. The molecule has 1 saturated heterocycles. The number of aliphatic hydroxyl groups excluding tert-OH is 1. The Morgan fingerprint density at radius 2 is 1.56 bits per heavy atom. The first kappa shape index (κ1) is 14.0. The average molecular weight is 227 g/mol. The van der Waals surface area contributed by atoms with E-state index in [2.05, 4.69) is 39.5 Å². The Morgan fingerprint density at radius 1 is 1.06 bits per heavy atom. The van der Waals surface area contributed by atoms with E-state index >= 15 is 0 Å². The minimum Gasteiger partial charge on any atom is -0.396 e. The summed E-state index contributed by atoms with van der Waals surface area (Å²) in [6, 6.07) is 0. The highest BCUT2D eigenvalue weighted by atomic mass is 16.3. The lowest BCUT2D eigenvalue weighted by atomic mass is 9.79. The SMILES string of the molecule is CC(C)(CO)CC1CCN(C(C)(C)C)CC1. The van der Waals surface area contributed by atoms with Crippen LogP contribution in [0, 0.1) is 11.3 Å². The van der Waals surface area contributed by atoms with Gasteiger partial charge >= 0.3 is 0 Å². The molecular formula is C14H29NO. The molecule has 1 heterocycles. The fourth-order valence-corrected chi connectivity index (χ4v) is 2.65. The third kappa shape index (κ3) is 4.06. The predicted molar refractivity (Wildman–Crippen MR) is 69.5 cm³/mol. The second-order valence-corrected chi connectivity index (χ2v) is 7.13. The first-order valence-electron chi connectivity index (χ1n) is 6.60. The molecular weight excluding hydrogens is 198 g/mol. The molecule has 0 atom stereocenters. The van der Waals surface area contributed by atoms with E-state index in [1.54, 1.807) is 0 Å². The van der Waals surface area contributed by atoms with Gasteiger partial charge in [0.2, 0.25) is 0 Å². The van der Waals surface area contributed by atoms with Crippen LogP contribution in [0.1, 0.15) is 53.9 Å². The molecule has 0 aromatic heterocycles. The number of rotatable bonds is 3. The van der Waals surface area contributed by atoms with Crippen LogP contribution in [-0.4, -0.2) is 35.2 Å². The Kier molecular flexibility index (Phi) is 4.42. The molecule has 1 aliphatic rings. The van der Waals surface area contributed by atoms with Gasteiger partial charge in [0.05, 0.1) is 0 Å². The number of hydrogen-bond acceptors (Lipinski definition) is 2. The second kappa shape index (κ2) is 5.05. The normalized spacial score (nSPS) is 21.4. The van der Waals surface area contributed by atoms with Gasteiger partial charge in [-0.25, -0.2) is 0 Å². The summed E-state index contributed by atoms with van der Waals surface area (Å²) >= 11 is 0. The Bertz CT molecular complexity index is 209. The van der Waals surface area contributed by atoms with Crippen LogP contribution in [0.15, 0.2) is 0 Å². The van der Waals surface area contributed by atoms with E-state index in [1.165, 1.54) is 32.4 Å². The first-order valence-corrected chi connectivity index (χ1v) is 6.60. The summed E-state index contributed by atoms with van der Waals surface area (Å²) in [5.41, 5.74) is 0.423. The second-order valence-electron chi connectivity index (χ2n) is 7.13. The number of aliphatic hydroxyl groups is 1. The summed E-state index contributed by atoms with van der Waals surface area (Å²) in [6.45, 7) is 14.0. The number of piperidine rings is 1. The predicted octanol–water partition coefficient (Wildman–Crippen LogP) is 2.91. The van der Waals surface area contributed by atoms with Crippen LogP contribution in [-0.2, 0) is 0 Å². The quantitative estimate of drug-likeness (QED) is 0.801. The van der Waals surface area contributed by atoms with E-state index in [0.717, 1.165) is 5.92 Å². The molecule has 0 spiro atoms. The molecule has 0 saturated carbocycles.